The zero-order chi connectivity index (χ0) is 16.9. The highest BCUT2D eigenvalue weighted by atomic mass is 16.6. The van der Waals surface area contributed by atoms with Crippen molar-refractivity contribution in [3.63, 3.8) is 0 Å². The molecule has 2 aromatic carbocycles. The van der Waals surface area contributed by atoms with Gasteiger partial charge in [0.05, 0.1) is 5.69 Å². The number of fused-ring (bicyclic) bond motifs is 3. The third-order valence-corrected chi connectivity index (χ3v) is 6.99. The second-order valence-electron chi connectivity index (χ2n) is 8.16. The molecule has 2 bridgehead atoms. The van der Waals surface area contributed by atoms with Gasteiger partial charge in [0.25, 0.3) is 0 Å². The fraction of sp³-hybridized carbons (Fsp3) is 0.476. The third kappa shape index (κ3) is 2.14. The summed E-state index contributed by atoms with van der Waals surface area (Å²) in [4.78, 5) is 12.5. The Morgan fingerprint density at radius 1 is 1.12 bits per heavy atom. The van der Waals surface area contributed by atoms with Gasteiger partial charge >= 0.3 is 6.09 Å². The van der Waals surface area contributed by atoms with E-state index in [9.17, 15) is 4.79 Å². The average Bonchev–Trinajstić information content (AvgIpc) is 2.88. The predicted octanol–water partition coefficient (Wildman–Crippen LogP) is 5.60. The van der Waals surface area contributed by atoms with E-state index in [1.165, 1.54) is 6.42 Å². The van der Waals surface area contributed by atoms with E-state index < -0.39 is 0 Å². The molecule has 2 fully saturated rings. The highest BCUT2D eigenvalue weighted by molar-refractivity contribution is 6.00. The summed E-state index contributed by atoms with van der Waals surface area (Å²) >= 11 is 0. The van der Waals surface area contributed by atoms with Gasteiger partial charge in [-0.3, -0.25) is 5.32 Å². The number of hydrogen-bond donors (Lipinski definition) is 1. The largest absolute Gasteiger partial charge is 0.445 e. The van der Waals surface area contributed by atoms with Crippen molar-refractivity contribution in [1.82, 2.24) is 0 Å². The van der Waals surface area contributed by atoms with Crippen LogP contribution in [0.25, 0.3) is 10.8 Å². The Morgan fingerprint density at radius 2 is 1.88 bits per heavy atom. The van der Waals surface area contributed by atoms with Crippen molar-refractivity contribution in [2.24, 2.45) is 16.7 Å². The number of anilines is 1. The molecule has 1 amide bonds. The fourth-order valence-electron chi connectivity index (χ4n) is 4.91. The fourth-order valence-corrected chi connectivity index (χ4v) is 4.91. The molecule has 3 heteroatoms. The van der Waals surface area contributed by atoms with E-state index in [4.69, 9.17) is 4.74 Å². The van der Waals surface area contributed by atoms with Crippen molar-refractivity contribution < 1.29 is 9.53 Å². The first-order valence-electron chi connectivity index (χ1n) is 8.87. The van der Waals surface area contributed by atoms with E-state index >= 15 is 0 Å². The van der Waals surface area contributed by atoms with Crippen molar-refractivity contribution in [3.8, 4) is 0 Å². The van der Waals surface area contributed by atoms with Gasteiger partial charge in [0, 0.05) is 10.8 Å². The van der Waals surface area contributed by atoms with Crippen molar-refractivity contribution in [2.45, 2.75) is 46.1 Å². The van der Waals surface area contributed by atoms with Gasteiger partial charge in [-0.05, 0) is 42.0 Å². The molecule has 1 N–H and O–H groups in total. The molecule has 0 heterocycles. The highest BCUT2D eigenvalue weighted by Gasteiger charge is 2.62. The van der Waals surface area contributed by atoms with Crippen LogP contribution >= 0.6 is 0 Å². The van der Waals surface area contributed by atoms with Crippen LogP contribution in [-0.2, 0) is 4.74 Å². The maximum absolute atomic E-state index is 12.5. The van der Waals surface area contributed by atoms with E-state index in [0.717, 1.165) is 29.3 Å². The summed E-state index contributed by atoms with van der Waals surface area (Å²) in [6.07, 6.45) is 3.08. The van der Waals surface area contributed by atoms with Crippen LogP contribution < -0.4 is 5.32 Å². The minimum Gasteiger partial charge on any atom is -0.445 e. The van der Waals surface area contributed by atoms with Crippen LogP contribution in [-0.4, -0.2) is 12.2 Å². The summed E-state index contributed by atoms with van der Waals surface area (Å²) in [6, 6.07) is 14.0. The standard InChI is InChI=1S/C21H25NO2/c1-20(2)15-11-12-21(20,3)18(13-15)24-19(23)22-17-10-6-8-14-7-4-5-9-16(14)17/h4-10,15,18H,11-13H2,1-3H3,(H,22,23)/t15-,18+,21+/m0/s1. The Bertz CT molecular complexity index is 792. The quantitative estimate of drug-likeness (QED) is 0.781. The number of hydrogen-bond acceptors (Lipinski definition) is 2. The van der Waals surface area contributed by atoms with Crippen LogP contribution in [0.15, 0.2) is 42.5 Å². The molecule has 0 unspecified atom stereocenters. The Balaban J connectivity index is 1.52. The Hall–Kier alpha value is -2.03. The van der Waals surface area contributed by atoms with Gasteiger partial charge < -0.3 is 4.74 Å². The molecule has 0 aliphatic heterocycles. The lowest BCUT2D eigenvalue weighted by atomic mass is 9.70. The van der Waals surface area contributed by atoms with Crippen LogP contribution in [0.2, 0.25) is 0 Å². The molecule has 24 heavy (non-hydrogen) atoms. The van der Waals surface area contributed by atoms with Crippen LogP contribution in [0, 0.1) is 16.7 Å². The molecule has 3 atom stereocenters. The highest BCUT2D eigenvalue weighted by Crippen LogP contribution is 2.66. The number of rotatable bonds is 2. The smallest absolute Gasteiger partial charge is 0.411 e. The van der Waals surface area contributed by atoms with Gasteiger partial charge in [-0.1, -0.05) is 57.2 Å². The molecular formula is C21H25NO2. The first-order valence-corrected chi connectivity index (χ1v) is 8.87. The van der Waals surface area contributed by atoms with E-state index in [1.54, 1.807) is 0 Å². The maximum Gasteiger partial charge on any atom is 0.411 e. The second kappa shape index (κ2) is 5.23. The summed E-state index contributed by atoms with van der Waals surface area (Å²) in [5.41, 5.74) is 1.15. The van der Waals surface area contributed by atoms with Gasteiger partial charge in [0.1, 0.15) is 6.10 Å². The third-order valence-electron chi connectivity index (χ3n) is 6.99. The van der Waals surface area contributed by atoms with Crippen LogP contribution in [0.4, 0.5) is 10.5 Å². The molecular weight excluding hydrogens is 298 g/mol. The minimum atomic E-state index is -0.332. The number of carbonyl (C=O) groups excluding carboxylic acids is 1. The van der Waals surface area contributed by atoms with Gasteiger partial charge in [-0.2, -0.15) is 0 Å². The lowest BCUT2D eigenvalue weighted by molar-refractivity contribution is 0.00149. The maximum atomic E-state index is 12.5. The van der Waals surface area contributed by atoms with E-state index in [0.29, 0.717) is 5.92 Å². The lowest BCUT2D eigenvalue weighted by Crippen LogP contribution is -2.39. The van der Waals surface area contributed by atoms with E-state index in [2.05, 4.69) is 26.1 Å². The first kappa shape index (κ1) is 15.5. The monoisotopic (exact) mass is 323 g/mol. The number of nitrogens with one attached hydrogen (secondary N) is 1. The molecule has 4 rings (SSSR count). The van der Waals surface area contributed by atoms with Crippen molar-refractivity contribution >= 4 is 22.6 Å². The normalized spacial score (nSPS) is 30.5. The van der Waals surface area contributed by atoms with Crippen molar-refractivity contribution in [1.29, 1.82) is 0 Å². The number of ether oxygens (including phenoxy) is 1. The molecule has 0 saturated heterocycles. The zero-order valence-electron chi connectivity index (χ0n) is 14.6. The average molecular weight is 323 g/mol. The molecule has 0 spiro atoms. The molecule has 126 valence electrons. The Labute approximate surface area is 143 Å². The Kier molecular flexibility index (Phi) is 3.38. The van der Waals surface area contributed by atoms with Crippen LogP contribution in [0.5, 0.6) is 0 Å². The van der Waals surface area contributed by atoms with Crippen LogP contribution in [0.3, 0.4) is 0 Å². The molecule has 2 aliphatic rings. The molecule has 0 radical (unpaired) electrons. The first-order chi connectivity index (χ1) is 11.4. The van der Waals surface area contributed by atoms with Gasteiger partial charge in [0.15, 0.2) is 0 Å². The molecule has 2 aliphatic carbocycles. The summed E-state index contributed by atoms with van der Waals surface area (Å²) in [6.45, 7) is 6.95. The topological polar surface area (TPSA) is 38.3 Å². The van der Waals surface area contributed by atoms with Gasteiger partial charge in [0.2, 0.25) is 0 Å². The van der Waals surface area contributed by atoms with Gasteiger partial charge in [-0.25, -0.2) is 4.79 Å². The van der Waals surface area contributed by atoms with E-state index in [1.807, 2.05) is 42.5 Å². The molecule has 2 saturated carbocycles. The SMILES string of the molecule is CC1(C)[C@H]2CC[C@]1(C)[C@H](OC(=O)Nc1cccc3ccccc13)C2. The van der Waals surface area contributed by atoms with Crippen LogP contribution in [0.1, 0.15) is 40.0 Å². The summed E-state index contributed by atoms with van der Waals surface area (Å²) < 4.78 is 5.89. The molecule has 3 nitrogen and oxygen atoms in total. The molecule has 2 aromatic rings. The number of carbonyl (C=O) groups is 1. The van der Waals surface area contributed by atoms with E-state index in [-0.39, 0.29) is 23.0 Å². The second-order valence-corrected chi connectivity index (χ2v) is 8.16. The van der Waals surface area contributed by atoms with Crippen molar-refractivity contribution in [2.75, 3.05) is 5.32 Å². The van der Waals surface area contributed by atoms with Gasteiger partial charge in [-0.15, -0.1) is 0 Å². The summed E-state index contributed by atoms with van der Waals surface area (Å²) in [5, 5.41) is 5.11. The summed E-state index contributed by atoms with van der Waals surface area (Å²) in [5.74, 6) is 0.665. The van der Waals surface area contributed by atoms with Crippen molar-refractivity contribution in [3.05, 3.63) is 42.5 Å². The number of amides is 1. The minimum absolute atomic E-state index is 0.0150. The zero-order valence-corrected chi connectivity index (χ0v) is 14.6. The summed E-state index contributed by atoms with van der Waals surface area (Å²) in [7, 11) is 0. The number of benzene rings is 2. The Morgan fingerprint density at radius 3 is 2.58 bits per heavy atom. The molecule has 0 aromatic heterocycles. The predicted molar refractivity (Wildman–Crippen MR) is 97.1 cm³/mol. The lowest BCUT2D eigenvalue weighted by Gasteiger charge is -2.38.